The van der Waals surface area contributed by atoms with E-state index in [1.165, 1.54) is 6.07 Å². The Balaban J connectivity index is 2.40. The molecule has 1 N–H and O–H groups in total. The summed E-state index contributed by atoms with van der Waals surface area (Å²) in [5, 5.41) is 3.47. The number of ether oxygens (including phenoxy) is 1. The molecule has 0 fully saturated rings. The molecular formula is C14H19BrFNO. The van der Waals surface area contributed by atoms with Crippen LogP contribution in [-0.2, 0) is 0 Å². The fraction of sp³-hybridized carbons (Fsp3) is 0.571. The Bertz CT molecular complexity index is 448. The molecule has 0 bridgehead atoms. The van der Waals surface area contributed by atoms with Gasteiger partial charge in [-0.1, -0.05) is 22.9 Å². The second-order valence-corrected chi connectivity index (χ2v) is 6.29. The third-order valence-corrected chi connectivity index (χ3v) is 3.59. The number of nitrogens with one attached hydrogen (secondary N) is 1. The van der Waals surface area contributed by atoms with E-state index < -0.39 is 0 Å². The van der Waals surface area contributed by atoms with Crippen molar-refractivity contribution in [3.63, 3.8) is 0 Å². The van der Waals surface area contributed by atoms with Crippen LogP contribution in [-0.4, -0.2) is 12.1 Å². The summed E-state index contributed by atoms with van der Waals surface area (Å²) in [6.07, 6.45) is 1.90. The predicted octanol–water partition coefficient (Wildman–Crippen LogP) is 4.19. The van der Waals surface area contributed by atoms with Gasteiger partial charge in [0, 0.05) is 22.5 Å². The Morgan fingerprint density at radius 3 is 2.89 bits per heavy atom. The van der Waals surface area contributed by atoms with Crippen molar-refractivity contribution in [2.45, 2.75) is 45.3 Å². The van der Waals surface area contributed by atoms with Crippen molar-refractivity contribution in [1.29, 1.82) is 0 Å². The summed E-state index contributed by atoms with van der Waals surface area (Å²) in [7, 11) is 0. The van der Waals surface area contributed by atoms with E-state index in [-0.39, 0.29) is 17.5 Å². The van der Waals surface area contributed by atoms with Gasteiger partial charge in [0.2, 0.25) is 0 Å². The second kappa shape index (κ2) is 5.17. The van der Waals surface area contributed by atoms with Gasteiger partial charge in [0.25, 0.3) is 0 Å². The van der Waals surface area contributed by atoms with Gasteiger partial charge in [-0.2, -0.15) is 0 Å². The molecule has 4 heteroatoms. The lowest BCUT2D eigenvalue weighted by Crippen LogP contribution is -2.40. The molecule has 0 radical (unpaired) electrons. The van der Waals surface area contributed by atoms with Crippen molar-refractivity contribution < 1.29 is 9.13 Å². The first-order valence-electron chi connectivity index (χ1n) is 6.34. The van der Waals surface area contributed by atoms with Crippen LogP contribution in [0.5, 0.6) is 5.75 Å². The van der Waals surface area contributed by atoms with Crippen molar-refractivity contribution in [1.82, 2.24) is 5.32 Å². The van der Waals surface area contributed by atoms with Gasteiger partial charge in [-0.3, -0.25) is 0 Å². The van der Waals surface area contributed by atoms with Crippen LogP contribution >= 0.6 is 15.9 Å². The zero-order chi connectivity index (χ0) is 13.3. The Morgan fingerprint density at radius 2 is 2.22 bits per heavy atom. The molecule has 18 heavy (non-hydrogen) atoms. The zero-order valence-electron chi connectivity index (χ0n) is 11.0. The highest BCUT2D eigenvalue weighted by Crippen LogP contribution is 2.42. The maximum Gasteiger partial charge on any atom is 0.166 e. The van der Waals surface area contributed by atoms with Crippen LogP contribution in [0.4, 0.5) is 4.39 Å². The summed E-state index contributed by atoms with van der Waals surface area (Å²) in [6.45, 7) is 7.05. The fourth-order valence-electron chi connectivity index (χ4n) is 2.37. The third kappa shape index (κ3) is 2.86. The minimum absolute atomic E-state index is 0.149. The van der Waals surface area contributed by atoms with Crippen LogP contribution in [0.25, 0.3) is 0 Å². The minimum Gasteiger partial charge on any atom is -0.484 e. The molecule has 0 spiro atoms. The van der Waals surface area contributed by atoms with Gasteiger partial charge in [0.15, 0.2) is 11.6 Å². The summed E-state index contributed by atoms with van der Waals surface area (Å²) >= 11 is 3.34. The van der Waals surface area contributed by atoms with Crippen LogP contribution in [0.15, 0.2) is 16.6 Å². The molecule has 0 amide bonds. The molecule has 1 aromatic rings. The number of benzene rings is 1. The predicted molar refractivity (Wildman–Crippen MR) is 74.5 cm³/mol. The molecule has 1 atom stereocenters. The van der Waals surface area contributed by atoms with E-state index in [4.69, 9.17) is 4.74 Å². The SMILES string of the molecule is CCCNC1CC(C)(C)Oc2c(F)cc(Br)cc21. The summed E-state index contributed by atoms with van der Waals surface area (Å²) in [5.74, 6) is 0.0958. The number of fused-ring (bicyclic) bond motifs is 1. The molecule has 1 heterocycles. The van der Waals surface area contributed by atoms with Crippen molar-refractivity contribution in [3.05, 3.63) is 28.0 Å². The van der Waals surface area contributed by atoms with E-state index in [2.05, 4.69) is 28.2 Å². The van der Waals surface area contributed by atoms with Gasteiger partial charge < -0.3 is 10.1 Å². The van der Waals surface area contributed by atoms with Gasteiger partial charge in [-0.15, -0.1) is 0 Å². The van der Waals surface area contributed by atoms with E-state index in [0.29, 0.717) is 5.75 Å². The monoisotopic (exact) mass is 315 g/mol. The summed E-state index contributed by atoms with van der Waals surface area (Å²) in [6, 6.07) is 3.55. The number of hydrogen-bond acceptors (Lipinski definition) is 2. The molecule has 0 saturated heterocycles. The Labute approximate surface area is 116 Å². The smallest absolute Gasteiger partial charge is 0.166 e. The Hall–Kier alpha value is -0.610. The zero-order valence-corrected chi connectivity index (χ0v) is 12.6. The van der Waals surface area contributed by atoms with Gasteiger partial charge in [-0.25, -0.2) is 4.39 Å². The van der Waals surface area contributed by atoms with Gasteiger partial charge in [-0.05, 0) is 38.9 Å². The highest BCUT2D eigenvalue weighted by molar-refractivity contribution is 9.10. The van der Waals surface area contributed by atoms with E-state index in [1.54, 1.807) is 0 Å². The van der Waals surface area contributed by atoms with Crippen LogP contribution in [0.1, 0.15) is 45.2 Å². The fourth-order valence-corrected chi connectivity index (χ4v) is 2.81. The maximum absolute atomic E-state index is 14.0. The topological polar surface area (TPSA) is 21.3 Å². The standard InChI is InChI=1S/C14H19BrFNO/c1-4-5-17-12-8-14(2,3)18-13-10(12)6-9(15)7-11(13)16/h6-7,12,17H,4-5,8H2,1-3H3. The van der Waals surface area contributed by atoms with E-state index in [9.17, 15) is 4.39 Å². The van der Waals surface area contributed by atoms with Crippen molar-refractivity contribution >= 4 is 15.9 Å². The van der Waals surface area contributed by atoms with Crippen molar-refractivity contribution in [3.8, 4) is 5.75 Å². The first-order chi connectivity index (χ1) is 8.43. The third-order valence-electron chi connectivity index (χ3n) is 3.13. The molecule has 1 aliphatic rings. The molecule has 2 nitrogen and oxygen atoms in total. The molecule has 100 valence electrons. The quantitative estimate of drug-likeness (QED) is 0.903. The van der Waals surface area contributed by atoms with Crippen LogP contribution in [0.2, 0.25) is 0 Å². The normalized spacial score (nSPS) is 21.3. The van der Waals surface area contributed by atoms with Gasteiger partial charge in [0.05, 0.1) is 0 Å². The average molecular weight is 316 g/mol. The van der Waals surface area contributed by atoms with Gasteiger partial charge in [0.1, 0.15) is 5.60 Å². The maximum atomic E-state index is 14.0. The Kier molecular flexibility index (Phi) is 3.97. The lowest BCUT2D eigenvalue weighted by molar-refractivity contribution is 0.0608. The molecule has 1 unspecified atom stereocenters. The van der Waals surface area contributed by atoms with Crippen LogP contribution < -0.4 is 10.1 Å². The highest BCUT2D eigenvalue weighted by atomic mass is 79.9. The summed E-state index contributed by atoms with van der Waals surface area (Å²) in [5.41, 5.74) is 0.572. The first kappa shape index (κ1) is 13.8. The van der Waals surface area contributed by atoms with Gasteiger partial charge >= 0.3 is 0 Å². The summed E-state index contributed by atoms with van der Waals surface area (Å²) in [4.78, 5) is 0. The first-order valence-corrected chi connectivity index (χ1v) is 7.13. The van der Waals surface area contributed by atoms with Crippen molar-refractivity contribution in [2.24, 2.45) is 0 Å². The van der Waals surface area contributed by atoms with E-state index in [1.807, 2.05) is 19.9 Å². The lowest BCUT2D eigenvalue weighted by Gasteiger charge is -2.38. The molecular weight excluding hydrogens is 297 g/mol. The molecule has 2 rings (SSSR count). The minimum atomic E-state index is -0.340. The van der Waals surface area contributed by atoms with E-state index >= 15 is 0 Å². The molecule has 0 aliphatic carbocycles. The van der Waals surface area contributed by atoms with Crippen molar-refractivity contribution in [2.75, 3.05) is 6.54 Å². The largest absolute Gasteiger partial charge is 0.484 e. The van der Waals surface area contributed by atoms with E-state index in [0.717, 1.165) is 29.4 Å². The highest BCUT2D eigenvalue weighted by Gasteiger charge is 2.35. The van der Waals surface area contributed by atoms with Crippen LogP contribution in [0, 0.1) is 5.82 Å². The Morgan fingerprint density at radius 1 is 1.50 bits per heavy atom. The molecule has 0 saturated carbocycles. The molecule has 1 aromatic carbocycles. The number of halogens is 2. The van der Waals surface area contributed by atoms with Crippen LogP contribution in [0.3, 0.4) is 0 Å². The second-order valence-electron chi connectivity index (χ2n) is 5.38. The molecule has 0 aromatic heterocycles. The summed E-state index contributed by atoms with van der Waals surface area (Å²) < 4.78 is 20.5. The molecule has 1 aliphatic heterocycles. The number of hydrogen-bond donors (Lipinski definition) is 1. The number of rotatable bonds is 3. The average Bonchev–Trinajstić information content (AvgIpc) is 2.27. The lowest BCUT2D eigenvalue weighted by atomic mass is 9.89.